The van der Waals surface area contributed by atoms with Gasteiger partial charge in [-0.1, -0.05) is 30.0 Å². The van der Waals surface area contributed by atoms with Gasteiger partial charge in [-0.15, -0.1) is 0 Å². The van der Waals surface area contributed by atoms with Crippen molar-refractivity contribution in [2.75, 3.05) is 7.11 Å². The number of phenols is 1. The number of rotatable bonds is 6. The van der Waals surface area contributed by atoms with Crippen LogP contribution in [-0.2, 0) is 0 Å². The summed E-state index contributed by atoms with van der Waals surface area (Å²) in [6.45, 7) is 0. The minimum Gasteiger partial charge on any atom is -0.508 e. The molecule has 0 radical (unpaired) electrons. The van der Waals surface area contributed by atoms with Gasteiger partial charge in [0.2, 0.25) is 0 Å². The van der Waals surface area contributed by atoms with Crippen LogP contribution in [0.1, 0.15) is 15.9 Å². The average molecular weight is 336 g/mol. The molecule has 2 rings (SSSR count). The number of methoxy groups -OCH3 is 1. The molecule has 2 aromatic carbocycles. The molecule has 0 unspecified atom stereocenters. The number of allylic oxidation sites excluding steroid dienone is 1. The lowest BCUT2D eigenvalue weighted by molar-refractivity contribution is 0.104. The molecule has 0 amide bonds. The van der Waals surface area contributed by atoms with E-state index in [0.717, 1.165) is 0 Å². The topological polar surface area (TPSA) is 46.5 Å². The standard InChI is InChI=1S/C17H14F2O3S/c1-22-15-10-12(6-8-16(15)23-17(18)19)14(21)7-5-11-3-2-4-13(20)9-11/h2-10,17,20H,1H3/b7-5+. The van der Waals surface area contributed by atoms with Crippen molar-refractivity contribution in [3.63, 3.8) is 0 Å². The van der Waals surface area contributed by atoms with Gasteiger partial charge in [0.15, 0.2) is 5.78 Å². The van der Waals surface area contributed by atoms with Crippen molar-refractivity contribution in [1.82, 2.24) is 0 Å². The Morgan fingerprint density at radius 2 is 2.04 bits per heavy atom. The summed E-state index contributed by atoms with van der Waals surface area (Å²) in [4.78, 5) is 12.4. The molecule has 120 valence electrons. The minimum atomic E-state index is -2.56. The average Bonchev–Trinajstić information content (AvgIpc) is 2.52. The van der Waals surface area contributed by atoms with Crippen molar-refractivity contribution in [2.24, 2.45) is 0 Å². The van der Waals surface area contributed by atoms with E-state index in [2.05, 4.69) is 0 Å². The molecule has 0 bridgehead atoms. The van der Waals surface area contributed by atoms with E-state index >= 15 is 0 Å². The predicted molar refractivity (Wildman–Crippen MR) is 86.3 cm³/mol. The van der Waals surface area contributed by atoms with Crippen molar-refractivity contribution in [3.05, 3.63) is 59.7 Å². The molecule has 0 spiro atoms. The first-order valence-electron chi connectivity index (χ1n) is 6.64. The Kier molecular flexibility index (Phi) is 5.76. The Morgan fingerprint density at radius 1 is 1.26 bits per heavy atom. The Morgan fingerprint density at radius 3 is 2.70 bits per heavy atom. The normalized spacial score (nSPS) is 11.1. The lowest BCUT2D eigenvalue weighted by atomic mass is 10.1. The molecule has 0 atom stereocenters. The highest BCUT2D eigenvalue weighted by Gasteiger charge is 2.13. The number of alkyl halides is 2. The molecule has 23 heavy (non-hydrogen) atoms. The number of thioether (sulfide) groups is 1. The van der Waals surface area contributed by atoms with Gasteiger partial charge in [0.25, 0.3) is 5.76 Å². The summed E-state index contributed by atoms with van der Waals surface area (Å²) in [5.74, 6) is -2.52. The summed E-state index contributed by atoms with van der Waals surface area (Å²) in [7, 11) is 1.36. The van der Waals surface area contributed by atoms with E-state index < -0.39 is 5.76 Å². The van der Waals surface area contributed by atoms with E-state index in [4.69, 9.17) is 4.74 Å². The molecule has 0 aliphatic rings. The van der Waals surface area contributed by atoms with Crippen molar-refractivity contribution in [3.8, 4) is 11.5 Å². The van der Waals surface area contributed by atoms with E-state index in [0.29, 0.717) is 22.9 Å². The van der Waals surface area contributed by atoms with Crippen LogP contribution in [0.15, 0.2) is 53.4 Å². The first kappa shape index (κ1) is 17.0. The molecular formula is C17H14F2O3S. The van der Waals surface area contributed by atoms with E-state index in [9.17, 15) is 18.7 Å². The van der Waals surface area contributed by atoms with Gasteiger partial charge < -0.3 is 9.84 Å². The second kappa shape index (κ2) is 7.78. The Hall–Kier alpha value is -2.34. The highest BCUT2D eigenvalue weighted by molar-refractivity contribution is 7.99. The number of hydrogen-bond acceptors (Lipinski definition) is 4. The van der Waals surface area contributed by atoms with Crippen LogP contribution in [-0.4, -0.2) is 23.8 Å². The van der Waals surface area contributed by atoms with E-state index in [1.54, 1.807) is 18.2 Å². The summed E-state index contributed by atoms with van der Waals surface area (Å²) in [5.41, 5.74) is 1.01. The first-order chi connectivity index (χ1) is 11.0. The third-order valence-corrected chi connectivity index (χ3v) is 3.73. The number of ketones is 1. The predicted octanol–water partition coefficient (Wildman–Crippen LogP) is 4.61. The van der Waals surface area contributed by atoms with Crippen LogP contribution in [0.3, 0.4) is 0 Å². The molecule has 0 saturated heterocycles. The second-order valence-electron chi connectivity index (χ2n) is 4.54. The van der Waals surface area contributed by atoms with E-state index in [-0.39, 0.29) is 22.2 Å². The monoisotopic (exact) mass is 336 g/mol. The Bertz CT molecular complexity index is 730. The summed E-state index contributed by atoms with van der Waals surface area (Å²) < 4.78 is 29.9. The third-order valence-electron chi connectivity index (χ3n) is 2.96. The van der Waals surface area contributed by atoms with Gasteiger partial charge in [-0.2, -0.15) is 8.78 Å². The van der Waals surface area contributed by atoms with Crippen LogP contribution in [0, 0.1) is 0 Å². The van der Waals surface area contributed by atoms with Crippen molar-refractivity contribution >= 4 is 23.6 Å². The van der Waals surface area contributed by atoms with Crippen LogP contribution in [0.2, 0.25) is 0 Å². The molecule has 0 heterocycles. The smallest absolute Gasteiger partial charge is 0.289 e. The van der Waals surface area contributed by atoms with Gasteiger partial charge in [0.1, 0.15) is 11.5 Å². The van der Waals surface area contributed by atoms with Crippen molar-refractivity contribution < 1.29 is 23.4 Å². The van der Waals surface area contributed by atoms with Gasteiger partial charge in [0.05, 0.1) is 12.0 Å². The summed E-state index contributed by atoms with van der Waals surface area (Å²) in [6.07, 6.45) is 2.92. The maximum absolute atomic E-state index is 12.4. The molecule has 0 saturated carbocycles. The molecule has 0 aromatic heterocycles. The van der Waals surface area contributed by atoms with Gasteiger partial charge >= 0.3 is 0 Å². The Balaban J connectivity index is 2.19. The molecule has 3 nitrogen and oxygen atoms in total. The number of hydrogen-bond donors (Lipinski definition) is 1. The molecular weight excluding hydrogens is 322 g/mol. The number of phenolic OH excluding ortho intramolecular Hbond substituents is 1. The third kappa shape index (κ3) is 4.82. The van der Waals surface area contributed by atoms with Gasteiger partial charge in [-0.25, -0.2) is 0 Å². The zero-order chi connectivity index (χ0) is 16.8. The zero-order valence-corrected chi connectivity index (χ0v) is 13.0. The fraction of sp³-hybridized carbons (Fsp3) is 0.118. The highest BCUT2D eigenvalue weighted by Crippen LogP contribution is 2.34. The van der Waals surface area contributed by atoms with Crippen LogP contribution < -0.4 is 4.74 Å². The van der Waals surface area contributed by atoms with Crippen LogP contribution in [0.25, 0.3) is 6.08 Å². The molecule has 2 aromatic rings. The number of carbonyl (C=O) groups excluding carboxylic acids is 1. The number of benzene rings is 2. The van der Waals surface area contributed by atoms with E-state index in [1.165, 1.54) is 43.5 Å². The number of carbonyl (C=O) groups is 1. The molecule has 0 aliphatic heterocycles. The van der Waals surface area contributed by atoms with Crippen LogP contribution in [0.5, 0.6) is 11.5 Å². The molecule has 0 aliphatic carbocycles. The maximum Gasteiger partial charge on any atom is 0.289 e. The second-order valence-corrected chi connectivity index (χ2v) is 5.57. The Labute approximate surface area is 136 Å². The summed E-state index contributed by atoms with van der Waals surface area (Å²) in [6, 6.07) is 10.8. The molecule has 6 heteroatoms. The largest absolute Gasteiger partial charge is 0.508 e. The van der Waals surface area contributed by atoms with Crippen molar-refractivity contribution in [2.45, 2.75) is 10.7 Å². The number of aromatic hydroxyl groups is 1. The van der Waals surface area contributed by atoms with E-state index in [1.807, 2.05) is 0 Å². The fourth-order valence-corrected chi connectivity index (χ4v) is 2.51. The lowest BCUT2D eigenvalue weighted by Crippen LogP contribution is -1.97. The van der Waals surface area contributed by atoms with Gasteiger partial charge in [-0.3, -0.25) is 4.79 Å². The highest BCUT2D eigenvalue weighted by atomic mass is 32.2. The van der Waals surface area contributed by atoms with Gasteiger partial charge in [-0.05, 0) is 42.0 Å². The fourth-order valence-electron chi connectivity index (χ4n) is 1.91. The van der Waals surface area contributed by atoms with Crippen LogP contribution in [0.4, 0.5) is 8.78 Å². The lowest BCUT2D eigenvalue weighted by Gasteiger charge is -2.08. The SMILES string of the molecule is COc1cc(C(=O)/C=C/c2cccc(O)c2)ccc1SC(F)F. The molecule has 1 N–H and O–H groups in total. The quantitative estimate of drug-likeness (QED) is 0.475. The van der Waals surface area contributed by atoms with Crippen molar-refractivity contribution in [1.29, 1.82) is 0 Å². The minimum absolute atomic E-state index is 0.106. The molecule has 0 fully saturated rings. The number of ether oxygens (including phenoxy) is 1. The number of halogens is 2. The van der Waals surface area contributed by atoms with Gasteiger partial charge in [0, 0.05) is 5.56 Å². The van der Waals surface area contributed by atoms with Crippen LogP contribution >= 0.6 is 11.8 Å². The summed E-state index contributed by atoms with van der Waals surface area (Å²) in [5, 5.41) is 9.37. The first-order valence-corrected chi connectivity index (χ1v) is 7.52. The zero-order valence-electron chi connectivity index (χ0n) is 12.2. The summed E-state index contributed by atoms with van der Waals surface area (Å²) >= 11 is 0.366. The maximum atomic E-state index is 12.4.